The molecule has 0 unspecified atom stereocenters. The zero-order valence-corrected chi connectivity index (χ0v) is 8.70. The highest BCUT2D eigenvalue weighted by atomic mass is 32.2. The van der Waals surface area contributed by atoms with Gasteiger partial charge in [0.05, 0.1) is 17.2 Å². The predicted molar refractivity (Wildman–Crippen MR) is 59.2 cm³/mol. The van der Waals surface area contributed by atoms with Crippen molar-refractivity contribution in [1.29, 1.82) is 0 Å². The summed E-state index contributed by atoms with van der Waals surface area (Å²) in [7, 11) is -3.18. The molecule has 1 heterocycles. The molecule has 1 aliphatic rings. The third kappa shape index (κ3) is 2.96. The van der Waals surface area contributed by atoms with Gasteiger partial charge in [0.15, 0.2) is 9.84 Å². The fourth-order valence-electron chi connectivity index (χ4n) is 1.09. The summed E-state index contributed by atoms with van der Waals surface area (Å²) in [4.78, 5) is 4.35. The number of allylic oxidation sites excluding steroid dienone is 3. The summed E-state index contributed by atoms with van der Waals surface area (Å²) in [6.07, 6.45) is 9.04. The molecule has 0 amide bonds. The van der Waals surface area contributed by atoms with Crippen molar-refractivity contribution in [3.8, 4) is 0 Å². The first kappa shape index (κ1) is 10.9. The van der Waals surface area contributed by atoms with Crippen molar-refractivity contribution in [1.82, 2.24) is 0 Å². The zero-order chi connectivity index (χ0) is 10.4. The highest BCUT2D eigenvalue weighted by Gasteiger charge is 2.14. The Bertz CT molecular complexity index is 388. The molecule has 0 aliphatic carbocycles. The summed E-state index contributed by atoms with van der Waals surface area (Å²) in [6, 6.07) is 0. The molecule has 0 fully saturated rings. The maximum absolute atomic E-state index is 11.6. The lowest BCUT2D eigenvalue weighted by Crippen LogP contribution is -2.10. The van der Waals surface area contributed by atoms with Gasteiger partial charge in [0.25, 0.3) is 0 Å². The molecule has 14 heavy (non-hydrogen) atoms. The van der Waals surface area contributed by atoms with Crippen LogP contribution in [0.4, 0.5) is 0 Å². The minimum Gasteiger partial charge on any atom is -0.288 e. The van der Waals surface area contributed by atoms with Gasteiger partial charge in [0.2, 0.25) is 0 Å². The summed E-state index contributed by atoms with van der Waals surface area (Å²) in [5, 5.41) is 0. The van der Waals surface area contributed by atoms with Gasteiger partial charge in [0.1, 0.15) is 0 Å². The molecule has 0 atom stereocenters. The van der Waals surface area contributed by atoms with Crippen molar-refractivity contribution in [2.24, 2.45) is 4.99 Å². The molecule has 4 heteroatoms. The topological polar surface area (TPSA) is 46.5 Å². The van der Waals surface area contributed by atoms with Crippen LogP contribution >= 0.6 is 0 Å². The van der Waals surface area contributed by atoms with E-state index in [0.29, 0.717) is 11.3 Å². The zero-order valence-electron chi connectivity index (χ0n) is 7.89. The van der Waals surface area contributed by atoms with Gasteiger partial charge in [-0.25, -0.2) is 8.42 Å². The number of aliphatic imine (C=N–C) groups is 1. The lowest BCUT2D eigenvalue weighted by atomic mass is 10.3. The number of nitrogens with zero attached hydrogens (tertiary/aromatic N) is 1. The van der Waals surface area contributed by atoms with Gasteiger partial charge in [-0.2, -0.15) is 0 Å². The molecular weight excluding hydrogens is 198 g/mol. The smallest absolute Gasteiger partial charge is 0.179 e. The van der Waals surface area contributed by atoms with Crippen LogP contribution in [-0.4, -0.2) is 26.9 Å². The van der Waals surface area contributed by atoms with E-state index in [1.165, 1.54) is 6.08 Å². The first-order valence-corrected chi connectivity index (χ1v) is 5.99. The summed E-state index contributed by atoms with van der Waals surface area (Å²) >= 11 is 0. The lowest BCUT2D eigenvalue weighted by molar-refractivity contribution is 0.604. The summed E-state index contributed by atoms with van der Waals surface area (Å²) in [5.74, 6) is -0.0158. The minimum absolute atomic E-state index is 0.0158. The van der Waals surface area contributed by atoms with Gasteiger partial charge in [-0.15, -0.1) is 6.58 Å². The Morgan fingerprint density at radius 3 is 3.07 bits per heavy atom. The van der Waals surface area contributed by atoms with Crippen LogP contribution in [0.5, 0.6) is 0 Å². The van der Waals surface area contributed by atoms with Gasteiger partial charge >= 0.3 is 0 Å². The van der Waals surface area contributed by atoms with E-state index >= 15 is 0 Å². The van der Waals surface area contributed by atoms with E-state index in [1.54, 1.807) is 12.3 Å². The van der Waals surface area contributed by atoms with Crippen molar-refractivity contribution in [3.63, 3.8) is 0 Å². The molecule has 76 valence electrons. The molecule has 0 saturated heterocycles. The molecule has 0 aromatic carbocycles. The average molecular weight is 211 g/mol. The molecule has 0 aromatic heterocycles. The highest BCUT2D eigenvalue weighted by molar-refractivity contribution is 7.95. The van der Waals surface area contributed by atoms with Crippen molar-refractivity contribution < 1.29 is 8.42 Å². The van der Waals surface area contributed by atoms with E-state index in [4.69, 9.17) is 0 Å². The molecule has 1 aliphatic heterocycles. The molecular formula is C10H13NO2S. The number of rotatable bonds is 3. The third-order valence-electron chi connectivity index (χ3n) is 1.79. The SMILES string of the molecule is C=CCS(=O)(=O)/C1=C/CC=C/C=N\C1. The quantitative estimate of drug-likeness (QED) is 0.664. The summed E-state index contributed by atoms with van der Waals surface area (Å²) in [5.41, 5.74) is 0. The minimum atomic E-state index is -3.18. The maximum Gasteiger partial charge on any atom is 0.179 e. The van der Waals surface area contributed by atoms with Crippen LogP contribution in [0, 0.1) is 0 Å². The van der Waals surface area contributed by atoms with E-state index in [1.807, 2.05) is 12.2 Å². The molecule has 1 rings (SSSR count). The second kappa shape index (κ2) is 4.91. The molecule has 3 nitrogen and oxygen atoms in total. The van der Waals surface area contributed by atoms with Crippen LogP contribution in [0.3, 0.4) is 0 Å². The summed E-state index contributed by atoms with van der Waals surface area (Å²) < 4.78 is 23.2. The Hall–Kier alpha value is -1.16. The lowest BCUT2D eigenvalue weighted by Gasteiger charge is -2.05. The fraction of sp³-hybridized carbons (Fsp3) is 0.300. The second-order valence-electron chi connectivity index (χ2n) is 2.89. The molecule has 0 aromatic rings. The maximum atomic E-state index is 11.6. The van der Waals surface area contributed by atoms with E-state index in [9.17, 15) is 8.42 Å². The second-order valence-corrected chi connectivity index (χ2v) is 4.98. The number of hydrogen-bond donors (Lipinski definition) is 0. The molecule has 0 saturated carbocycles. The largest absolute Gasteiger partial charge is 0.288 e. The van der Waals surface area contributed by atoms with Crippen molar-refractivity contribution in [2.75, 3.05) is 12.3 Å². The first-order valence-electron chi connectivity index (χ1n) is 4.34. The Kier molecular flexibility index (Phi) is 3.83. The third-order valence-corrected chi connectivity index (χ3v) is 3.56. The van der Waals surface area contributed by atoms with Gasteiger partial charge < -0.3 is 0 Å². The van der Waals surface area contributed by atoms with Crippen molar-refractivity contribution in [2.45, 2.75) is 6.42 Å². The Morgan fingerprint density at radius 1 is 1.57 bits per heavy atom. The Labute approximate surface area is 84.5 Å². The molecule has 0 bridgehead atoms. The van der Waals surface area contributed by atoms with Crippen LogP contribution in [0.25, 0.3) is 0 Å². The average Bonchev–Trinajstić information content (AvgIpc) is 2.01. The van der Waals surface area contributed by atoms with E-state index < -0.39 is 9.84 Å². The normalized spacial score (nSPS) is 23.0. The van der Waals surface area contributed by atoms with Crippen LogP contribution in [-0.2, 0) is 9.84 Å². The molecule has 0 N–H and O–H groups in total. The number of hydrogen-bond acceptors (Lipinski definition) is 3. The number of sulfone groups is 1. The van der Waals surface area contributed by atoms with Crippen LogP contribution < -0.4 is 0 Å². The van der Waals surface area contributed by atoms with Crippen LogP contribution in [0.15, 0.2) is 40.8 Å². The van der Waals surface area contributed by atoms with E-state index in [-0.39, 0.29) is 12.3 Å². The highest BCUT2D eigenvalue weighted by Crippen LogP contribution is 2.11. The van der Waals surface area contributed by atoms with Gasteiger partial charge in [-0.05, 0) is 12.5 Å². The fourth-order valence-corrected chi connectivity index (χ4v) is 2.24. The first-order chi connectivity index (χ1) is 6.67. The summed E-state index contributed by atoms with van der Waals surface area (Å²) in [6.45, 7) is 3.66. The standard InChI is InChI=1S/C10H13NO2S/c1-2-8-14(12,13)10-6-4-3-5-7-11-9-10/h2-3,5-7H,1,4,8-9H2/b5-3?,10-6+,11-7-. The van der Waals surface area contributed by atoms with Gasteiger partial charge in [0, 0.05) is 6.21 Å². The predicted octanol–water partition coefficient (Wildman–Crippen LogP) is 1.50. The van der Waals surface area contributed by atoms with E-state index in [2.05, 4.69) is 11.6 Å². The Morgan fingerprint density at radius 2 is 2.36 bits per heavy atom. The van der Waals surface area contributed by atoms with Gasteiger partial charge in [-0.1, -0.05) is 18.2 Å². The Balaban J connectivity index is 2.91. The van der Waals surface area contributed by atoms with Crippen LogP contribution in [0.2, 0.25) is 0 Å². The van der Waals surface area contributed by atoms with Crippen molar-refractivity contribution in [3.05, 3.63) is 35.8 Å². The van der Waals surface area contributed by atoms with Crippen molar-refractivity contribution >= 4 is 16.1 Å². The van der Waals surface area contributed by atoms with Crippen LogP contribution in [0.1, 0.15) is 6.42 Å². The molecule has 0 radical (unpaired) electrons. The van der Waals surface area contributed by atoms with E-state index in [0.717, 1.165) is 0 Å². The van der Waals surface area contributed by atoms with Gasteiger partial charge in [-0.3, -0.25) is 4.99 Å². The monoisotopic (exact) mass is 211 g/mol. The molecule has 0 spiro atoms.